The van der Waals surface area contributed by atoms with Gasteiger partial charge in [-0.1, -0.05) is 23.8 Å². The summed E-state index contributed by atoms with van der Waals surface area (Å²) in [5.74, 6) is -0.791. The molecule has 0 heterocycles. The lowest BCUT2D eigenvalue weighted by Crippen LogP contribution is -2.32. The monoisotopic (exact) mass is 346 g/mol. The molecule has 6 nitrogen and oxygen atoms in total. The van der Waals surface area contributed by atoms with E-state index in [2.05, 4.69) is 10.6 Å². The lowest BCUT2D eigenvalue weighted by atomic mass is 10.1. The van der Waals surface area contributed by atoms with Crippen molar-refractivity contribution in [3.05, 3.63) is 59.7 Å². The van der Waals surface area contributed by atoms with Crippen molar-refractivity contribution >= 4 is 27.3 Å². The zero-order valence-electron chi connectivity index (χ0n) is 13.4. The van der Waals surface area contributed by atoms with E-state index in [0.717, 1.165) is 11.8 Å². The summed E-state index contributed by atoms with van der Waals surface area (Å²) < 4.78 is 23.0. The van der Waals surface area contributed by atoms with Crippen LogP contribution < -0.4 is 10.6 Å². The molecule has 0 saturated carbocycles. The predicted octanol–water partition coefficient (Wildman–Crippen LogP) is 1.77. The summed E-state index contributed by atoms with van der Waals surface area (Å²) in [6.45, 7) is 1.66. The van der Waals surface area contributed by atoms with E-state index < -0.39 is 15.7 Å². The number of rotatable bonds is 5. The summed E-state index contributed by atoms with van der Waals surface area (Å²) in [5.41, 5.74) is 1.78. The molecule has 2 aromatic carbocycles. The average Bonchev–Trinajstić information content (AvgIpc) is 2.52. The van der Waals surface area contributed by atoms with Crippen LogP contribution in [0.25, 0.3) is 0 Å². The van der Waals surface area contributed by atoms with Crippen LogP contribution in [0.3, 0.4) is 0 Å². The Hall–Kier alpha value is -2.67. The van der Waals surface area contributed by atoms with Crippen LogP contribution in [0.15, 0.2) is 53.4 Å². The summed E-state index contributed by atoms with van der Waals surface area (Å²) in [7, 11) is -3.35. The van der Waals surface area contributed by atoms with Gasteiger partial charge in [0.15, 0.2) is 9.84 Å². The first-order valence-corrected chi connectivity index (χ1v) is 9.10. The molecular weight excluding hydrogens is 328 g/mol. The van der Waals surface area contributed by atoms with Gasteiger partial charge in [0.25, 0.3) is 5.91 Å². The van der Waals surface area contributed by atoms with Crippen molar-refractivity contribution in [2.45, 2.75) is 11.8 Å². The Morgan fingerprint density at radius 1 is 1.04 bits per heavy atom. The molecule has 2 rings (SSSR count). The number of aryl methyl sites for hydroxylation is 1. The van der Waals surface area contributed by atoms with Crippen LogP contribution in [0, 0.1) is 6.92 Å². The molecule has 0 aliphatic carbocycles. The highest BCUT2D eigenvalue weighted by Gasteiger charge is 2.11. The molecule has 0 fully saturated rings. The number of sulfone groups is 1. The summed E-state index contributed by atoms with van der Waals surface area (Å²) in [5, 5.41) is 5.08. The van der Waals surface area contributed by atoms with Crippen LogP contribution in [-0.2, 0) is 14.6 Å². The third-order valence-electron chi connectivity index (χ3n) is 3.24. The Kier molecular flexibility index (Phi) is 5.35. The number of carbonyl (C=O) groups excluding carboxylic acids is 2. The lowest BCUT2D eigenvalue weighted by Gasteiger charge is -2.08. The first kappa shape index (κ1) is 17.7. The average molecular weight is 346 g/mol. The molecule has 0 aliphatic rings. The first-order chi connectivity index (χ1) is 11.3. The van der Waals surface area contributed by atoms with E-state index in [0.29, 0.717) is 11.3 Å². The highest BCUT2D eigenvalue weighted by atomic mass is 32.2. The smallest absolute Gasteiger partial charge is 0.251 e. The maximum Gasteiger partial charge on any atom is 0.251 e. The molecule has 0 bridgehead atoms. The quantitative estimate of drug-likeness (QED) is 0.863. The van der Waals surface area contributed by atoms with Gasteiger partial charge in [0.2, 0.25) is 5.91 Å². The largest absolute Gasteiger partial charge is 0.343 e. The molecule has 2 amide bonds. The van der Waals surface area contributed by atoms with E-state index in [1.807, 2.05) is 13.0 Å². The Balaban J connectivity index is 1.95. The molecule has 0 aliphatic heterocycles. The van der Waals surface area contributed by atoms with E-state index in [4.69, 9.17) is 0 Å². The van der Waals surface area contributed by atoms with Crippen molar-refractivity contribution in [1.82, 2.24) is 5.32 Å². The second-order valence-electron chi connectivity index (χ2n) is 5.40. The van der Waals surface area contributed by atoms with Crippen molar-refractivity contribution < 1.29 is 18.0 Å². The van der Waals surface area contributed by atoms with Crippen LogP contribution in [-0.4, -0.2) is 33.0 Å². The Labute approximate surface area is 140 Å². The first-order valence-electron chi connectivity index (χ1n) is 7.20. The molecule has 2 aromatic rings. The van der Waals surface area contributed by atoms with Crippen LogP contribution in [0.4, 0.5) is 5.69 Å². The van der Waals surface area contributed by atoms with Crippen LogP contribution in [0.5, 0.6) is 0 Å². The molecule has 24 heavy (non-hydrogen) atoms. The zero-order valence-corrected chi connectivity index (χ0v) is 14.2. The number of anilines is 1. The summed E-state index contributed by atoms with van der Waals surface area (Å²) in [6, 6.07) is 13.0. The standard InChI is InChI=1S/C17H18N2O4S/c1-12-5-3-6-13(9-12)17(21)18-11-16(20)19-14-7-4-8-15(10-14)24(2,22)23/h3-10H,11H2,1-2H3,(H,18,21)(H,19,20). The van der Waals surface area contributed by atoms with Crippen LogP contribution >= 0.6 is 0 Å². The van der Waals surface area contributed by atoms with Crippen molar-refractivity contribution in [3.63, 3.8) is 0 Å². The van der Waals surface area contributed by atoms with Gasteiger partial charge in [0.1, 0.15) is 0 Å². The fourth-order valence-corrected chi connectivity index (χ4v) is 2.73. The third kappa shape index (κ3) is 4.92. The van der Waals surface area contributed by atoms with Gasteiger partial charge in [-0.15, -0.1) is 0 Å². The van der Waals surface area contributed by atoms with Gasteiger partial charge in [-0.25, -0.2) is 8.42 Å². The number of hydrogen-bond donors (Lipinski definition) is 2. The van der Waals surface area contributed by atoms with Gasteiger partial charge in [0, 0.05) is 17.5 Å². The van der Waals surface area contributed by atoms with Crippen molar-refractivity contribution in [3.8, 4) is 0 Å². The number of benzene rings is 2. The van der Waals surface area contributed by atoms with E-state index in [9.17, 15) is 18.0 Å². The van der Waals surface area contributed by atoms with Crippen molar-refractivity contribution in [1.29, 1.82) is 0 Å². The molecular formula is C17H18N2O4S. The van der Waals surface area contributed by atoms with E-state index in [-0.39, 0.29) is 17.3 Å². The van der Waals surface area contributed by atoms with E-state index in [1.54, 1.807) is 24.3 Å². The second kappa shape index (κ2) is 7.27. The van der Waals surface area contributed by atoms with Gasteiger partial charge < -0.3 is 10.6 Å². The fourth-order valence-electron chi connectivity index (χ4n) is 2.06. The maximum atomic E-state index is 12.0. The van der Waals surface area contributed by atoms with Gasteiger partial charge in [-0.05, 0) is 37.3 Å². The molecule has 0 radical (unpaired) electrons. The molecule has 126 valence electrons. The number of carbonyl (C=O) groups is 2. The number of amides is 2. The predicted molar refractivity (Wildman–Crippen MR) is 91.7 cm³/mol. The Bertz CT molecular complexity index is 876. The van der Waals surface area contributed by atoms with Crippen LogP contribution in [0.2, 0.25) is 0 Å². The van der Waals surface area contributed by atoms with Gasteiger partial charge >= 0.3 is 0 Å². The van der Waals surface area contributed by atoms with Gasteiger partial charge in [-0.3, -0.25) is 9.59 Å². The van der Waals surface area contributed by atoms with Crippen molar-refractivity contribution in [2.24, 2.45) is 0 Å². The summed E-state index contributed by atoms with van der Waals surface area (Å²) in [6.07, 6.45) is 1.09. The lowest BCUT2D eigenvalue weighted by molar-refractivity contribution is -0.115. The molecule has 0 spiro atoms. The minimum Gasteiger partial charge on any atom is -0.343 e. The third-order valence-corrected chi connectivity index (χ3v) is 4.35. The molecule has 7 heteroatoms. The molecule has 0 unspecified atom stereocenters. The van der Waals surface area contributed by atoms with E-state index in [1.165, 1.54) is 18.2 Å². The topological polar surface area (TPSA) is 92.3 Å². The maximum absolute atomic E-state index is 12.0. The number of nitrogens with one attached hydrogen (secondary N) is 2. The molecule has 0 atom stereocenters. The Morgan fingerprint density at radius 3 is 2.42 bits per heavy atom. The normalized spacial score (nSPS) is 10.9. The Morgan fingerprint density at radius 2 is 1.75 bits per heavy atom. The SMILES string of the molecule is Cc1cccc(C(=O)NCC(=O)Nc2cccc(S(C)(=O)=O)c2)c1. The van der Waals surface area contributed by atoms with Crippen molar-refractivity contribution in [2.75, 3.05) is 18.1 Å². The second-order valence-corrected chi connectivity index (χ2v) is 7.42. The van der Waals surface area contributed by atoms with Crippen LogP contribution in [0.1, 0.15) is 15.9 Å². The van der Waals surface area contributed by atoms with Gasteiger partial charge in [-0.2, -0.15) is 0 Å². The molecule has 2 N–H and O–H groups in total. The molecule has 0 saturated heterocycles. The number of hydrogen-bond acceptors (Lipinski definition) is 4. The summed E-state index contributed by atoms with van der Waals surface area (Å²) >= 11 is 0. The fraction of sp³-hybridized carbons (Fsp3) is 0.176. The van der Waals surface area contributed by atoms with Gasteiger partial charge in [0.05, 0.1) is 11.4 Å². The highest BCUT2D eigenvalue weighted by Crippen LogP contribution is 2.15. The van der Waals surface area contributed by atoms with E-state index >= 15 is 0 Å². The summed E-state index contributed by atoms with van der Waals surface area (Å²) in [4.78, 5) is 24.0. The molecule has 0 aromatic heterocycles. The highest BCUT2D eigenvalue weighted by molar-refractivity contribution is 7.90. The minimum absolute atomic E-state index is 0.115. The minimum atomic E-state index is -3.35. The zero-order chi connectivity index (χ0) is 17.7.